The van der Waals surface area contributed by atoms with Crippen molar-refractivity contribution in [2.45, 2.75) is 31.8 Å². The molecule has 1 aliphatic rings. The first kappa shape index (κ1) is 13.6. The summed E-state index contributed by atoms with van der Waals surface area (Å²) in [6.45, 7) is 5.21. The van der Waals surface area contributed by atoms with Gasteiger partial charge in [-0.15, -0.1) is 0 Å². The molecule has 0 spiro atoms. The molecule has 0 atom stereocenters. The minimum atomic E-state index is -0.596. The van der Waals surface area contributed by atoms with Crippen LogP contribution in [0.15, 0.2) is 24.3 Å². The van der Waals surface area contributed by atoms with E-state index < -0.39 is 5.60 Å². The zero-order valence-corrected chi connectivity index (χ0v) is 12.3. The number of hydrogen-bond acceptors (Lipinski definition) is 3. The number of hydrogen-bond donors (Lipinski definition) is 1. The first-order valence-corrected chi connectivity index (χ1v) is 7.46. The maximum Gasteiger partial charge on any atom is 0.112 e. The molecule has 1 aliphatic heterocycles. The smallest absolute Gasteiger partial charge is 0.112 e. The van der Waals surface area contributed by atoms with Gasteiger partial charge in [0, 0.05) is 26.6 Å². The monoisotopic (exact) mass is 273 g/mol. The molecule has 2 aromatic rings. The van der Waals surface area contributed by atoms with Crippen molar-refractivity contribution in [3.63, 3.8) is 0 Å². The SMILES string of the molecule is CCN1CCC(O)(Cc2nc3ccccc3n2C)CC1. The van der Waals surface area contributed by atoms with Gasteiger partial charge in [-0.2, -0.15) is 0 Å². The molecule has 0 amide bonds. The summed E-state index contributed by atoms with van der Waals surface area (Å²) in [4.78, 5) is 7.07. The fourth-order valence-electron chi connectivity index (χ4n) is 3.11. The van der Waals surface area contributed by atoms with E-state index in [0.29, 0.717) is 6.42 Å². The minimum Gasteiger partial charge on any atom is -0.389 e. The van der Waals surface area contributed by atoms with Crippen LogP contribution in [0.2, 0.25) is 0 Å². The highest BCUT2D eigenvalue weighted by atomic mass is 16.3. The molecule has 1 aromatic carbocycles. The summed E-state index contributed by atoms with van der Waals surface area (Å²) in [7, 11) is 2.04. The van der Waals surface area contributed by atoms with Gasteiger partial charge in [-0.25, -0.2) is 4.98 Å². The normalized spacial score (nSPS) is 19.6. The molecule has 0 radical (unpaired) electrons. The zero-order valence-electron chi connectivity index (χ0n) is 12.3. The minimum absolute atomic E-state index is 0.596. The van der Waals surface area contributed by atoms with E-state index >= 15 is 0 Å². The Hall–Kier alpha value is -1.39. The van der Waals surface area contributed by atoms with Gasteiger partial charge in [0.2, 0.25) is 0 Å². The Kier molecular flexibility index (Phi) is 3.52. The number of piperidine rings is 1. The molecule has 108 valence electrons. The van der Waals surface area contributed by atoms with Crippen LogP contribution in [0, 0.1) is 0 Å². The van der Waals surface area contributed by atoms with E-state index in [4.69, 9.17) is 0 Å². The molecule has 1 saturated heterocycles. The van der Waals surface area contributed by atoms with Crippen LogP contribution in [0.4, 0.5) is 0 Å². The number of likely N-dealkylation sites (tertiary alicyclic amines) is 1. The molecule has 4 heteroatoms. The van der Waals surface area contributed by atoms with Gasteiger partial charge >= 0.3 is 0 Å². The van der Waals surface area contributed by atoms with E-state index in [1.807, 2.05) is 25.2 Å². The van der Waals surface area contributed by atoms with Crippen LogP contribution in [0.1, 0.15) is 25.6 Å². The molecule has 1 N–H and O–H groups in total. The third-order valence-corrected chi connectivity index (χ3v) is 4.60. The van der Waals surface area contributed by atoms with Crippen molar-refractivity contribution >= 4 is 11.0 Å². The van der Waals surface area contributed by atoms with E-state index in [2.05, 4.69) is 27.4 Å². The predicted molar refractivity (Wildman–Crippen MR) is 80.7 cm³/mol. The van der Waals surface area contributed by atoms with Crippen LogP contribution in [0.5, 0.6) is 0 Å². The topological polar surface area (TPSA) is 41.3 Å². The molecule has 0 aliphatic carbocycles. The van der Waals surface area contributed by atoms with E-state index in [0.717, 1.165) is 49.3 Å². The molecule has 1 aromatic heterocycles. The highest BCUT2D eigenvalue weighted by Gasteiger charge is 2.33. The number of imidazole rings is 1. The van der Waals surface area contributed by atoms with Crippen molar-refractivity contribution in [1.82, 2.24) is 14.5 Å². The lowest BCUT2D eigenvalue weighted by Crippen LogP contribution is -2.45. The Balaban J connectivity index is 1.81. The van der Waals surface area contributed by atoms with Crippen molar-refractivity contribution in [2.75, 3.05) is 19.6 Å². The molecule has 0 unspecified atom stereocenters. The van der Waals surface area contributed by atoms with Gasteiger partial charge in [0.05, 0.1) is 16.6 Å². The summed E-state index contributed by atoms with van der Waals surface area (Å²) in [5.74, 6) is 0.985. The van der Waals surface area contributed by atoms with Gasteiger partial charge in [-0.3, -0.25) is 0 Å². The Morgan fingerprint density at radius 2 is 1.95 bits per heavy atom. The van der Waals surface area contributed by atoms with Crippen LogP contribution in [0.25, 0.3) is 11.0 Å². The van der Waals surface area contributed by atoms with Gasteiger partial charge in [0.15, 0.2) is 0 Å². The molecular formula is C16H23N3O. The molecule has 20 heavy (non-hydrogen) atoms. The van der Waals surface area contributed by atoms with Crippen LogP contribution in [0.3, 0.4) is 0 Å². The van der Waals surface area contributed by atoms with Crippen molar-refractivity contribution < 1.29 is 5.11 Å². The van der Waals surface area contributed by atoms with Crippen LogP contribution in [-0.4, -0.2) is 44.8 Å². The second kappa shape index (κ2) is 5.19. The lowest BCUT2D eigenvalue weighted by atomic mass is 9.88. The fourth-order valence-corrected chi connectivity index (χ4v) is 3.11. The zero-order chi connectivity index (χ0) is 14.2. The van der Waals surface area contributed by atoms with Crippen LogP contribution < -0.4 is 0 Å². The first-order valence-electron chi connectivity index (χ1n) is 7.46. The number of rotatable bonds is 3. The number of benzene rings is 1. The molecular weight excluding hydrogens is 250 g/mol. The number of para-hydroxylation sites is 2. The fraction of sp³-hybridized carbons (Fsp3) is 0.562. The Bertz CT molecular complexity index is 597. The van der Waals surface area contributed by atoms with E-state index in [1.54, 1.807) is 0 Å². The first-order chi connectivity index (χ1) is 9.61. The molecule has 2 heterocycles. The molecule has 0 bridgehead atoms. The molecule has 4 nitrogen and oxygen atoms in total. The average Bonchev–Trinajstić information content (AvgIpc) is 2.76. The Labute approximate surface area is 120 Å². The van der Waals surface area contributed by atoms with E-state index in [1.165, 1.54) is 0 Å². The number of aromatic nitrogens is 2. The second-order valence-corrected chi connectivity index (χ2v) is 5.91. The maximum absolute atomic E-state index is 10.8. The van der Waals surface area contributed by atoms with Gasteiger partial charge < -0.3 is 14.6 Å². The van der Waals surface area contributed by atoms with Gasteiger partial charge in [0.25, 0.3) is 0 Å². The van der Waals surface area contributed by atoms with Crippen LogP contribution >= 0.6 is 0 Å². The quantitative estimate of drug-likeness (QED) is 0.929. The summed E-state index contributed by atoms with van der Waals surface area (Å²) in [5, 5.41) is 10.8. The Morgan fingerprint density at radius 1 is 1.25 bits per heavy atom. The third kappa shape index (κ3) is 2.45. The van der Waals surface area contributed by atoms with Crippen molar-refractivity contribution in [1.29, 1.82) is 0 Å². The van der Waals surface area contributed by atoms with Crippen molar-refractivity contribution in [3.8, 4) is 0 Å². The number of aryl methyl sites for hydroxylation is 1. The predicted octanol–water partition coefficient (Wildman–Crippen LogP) is 1.96. The Morgan fingerprint density at radius 3 is 2.60 bits per heavy atom. The average molecular weight is 273 g/mol. The lowest BCUT2D eigenvalue weighted by Gasteiger charge is -2.37. The summed E-state index contributed by atoms with van der Waals surface area (Å²) in [6, 6.07) is 8.15. The molecule has 0 saturated carbocycles. The second-order valence-electron chi connectivity index (χ2n) is 5.91. The highest BCUT2D eigenvalue weighted by Crippen LogP contribution is 2.27. The largest absolute Gasteiger partial charge is 0.389 e. The molecule has 3 rings (SSSR count). The summed E-state index contributed by atoms with van der Waals surface area (Å²) in [5.41, 5.74) is 1.55. The maximum atomic E-state index is 10.8. The van der Waals surface area contributed by atoms with Crippen molar-refractivity contribution in [3.05, 3.63) is 30.1 Å². The van der Waals surface area contributed by atoms with Gasteiger partial charge in [-0.05, 0) is 31.5 Å². The van der Waals surface area contributed by atoms with Crippen molar-refractivity contribution in [2.24, 2.45) is 7.05 Å². The van der Waals surface area contributed by atoms with Crippen LogP contribution in [-0.2, 0) is 13.5 Å². The number of fused-ring (bicyclic) bond motifs is 1. The number of aliphatic hydroxyl groups is 1. The standard InChI is InChI=1S/C16H23N3O/c1-3-19-10-8-16(20,9-11-19)12-15-17-13-6-4-5-7-14(13)18(15)2/h4-7,20H,3,8-12H2,1-2H3. The van der Waals surface area contributed by atoms with Gasteiger partial charge in [-0.1, -0.05) is 19.1 Å². The number of nitrogens with zero attached hydrogens (tertiary/aromatic N) is 3. The third-order valence-electron chi connectivity index (χ3n) is 4.60. The lowest BCUT2D eigenvalue weighted by molar-refractivity contribution is -0.0211. The highest BCUT2D eigenvalue weighted by molar-refractivity contribution is 5.75. The summed E-state index contributed by atoms with van der Waals surface area (Å²) in [6.07, 6.45) is 2.32. The van der Waals surface area contributed by atoms with Gasteiger partial charge in [0.1, 0.15) is 5.82 Å². The molecule has 1 fully saturated rings. The van der Waals surface area contributed by atoms with E-state index in [-0.39, 0.29) is 0 Å². The van der Waals surface area contributed by atoms with E-state index in [9.17, 15) is 5.11 Å². The summed E-state index contributed by atoms with van der Waals surface area (Å²) >= 11 is 0. The summed E-state index contributed by atoms with van der Waals surface area (Å²) < 4.78 is 2.11.